The predicted molar refractivity (Wildman–Crippen MR) is 74.0 cm³/mol. The molecule has 3 heteroatoms. The summed E-state index contributed by atoms with van der Waals surface area (Å²) in [5.74, 6) is 0.957. The lowest BCUT2D eigenvalue weighted by molar-refractivity contribution is -0.116. The minimum absolute atomic E-state index is 0.360. The van der Waals surface area contributed by atoms with Crippen LogP contribution in [0.2, 0.25) is 0 Å². The maximum atomic E-state index is 11.5. The fourth-order valence-electron chi connectivity index (χ4n) is 1.36. The smallest absolute Gasteiger partial charge is 0.143 e. The van der Waals surface area contributed by atoms with Crippen LogP contribution in [-0.4, -0.2) is 11.5 Å². The Labute approximate surface area is 110 Å². The number of carbonyl (C=O) groups excluding carboxylic acids is 1. The van der Waals surface area contributed by atoms with Gasteiger partial charge in [0.15, 0.2) is 0 Å². The lowest BCUT2D eigenvalue weighted by atomic mass is 10.2. The first-order valence-corrected chi connectivity index (χ1v) is 7.40. The summed E-state index contributed by atoms with van der Waals surface area (Å²) < 4.78 is 1.07. The lowest BCUT2D eigenvalue weighted by Crippen LogP contribution is -2.00. The van der Waals surface area contributed by atoms with Gasteiger partial charge < -0.3 is 0 Å². The van der Waals surface area contributed by atoms with Crippen LogP contribution in [0.3, 0.4) is 0 Å². The van der Waals surface area contributed by atoms with E-state index < -0.39 is 0 Å². The first kappa shape index (κ1) is 13.8. The molecule has 1 nitrogen and oxygen atoms in total. The highest BCUT2D eigenvalue weighted by molar-refractivity contribution is 9.10. The molecule has 0 heterocycles. The molecule has 0 bridgehead atoms. The Morgan fingerprint density at radius 1 is 1.38 bits per heavy atom. The first-order chi connectivity index (χ1) is 7.72. The average Bonchev–Trinajstić information content (AvgIpc) is 2.27. The van der Waals surface area contributed by atoms with Gasteiger partial charge in [0.1, 0.15) is 5.78 Å². The van der Waals surface area contributed by atoms with Crippen molar-refractivity contribution in [3.05, 3.63) is 28.7 Å². The molecule has 0 aliphatic carbocycles. The van der Waals surface area contributed by atoms with E-state index in [-0.39, 0.29) is 0 Å². The molecule has 0 aliphatic heterocycles. The summed E-state index contributed by atoms with van der Waals surface area (Å²) in [7, 11) is 0. The van der Waals surface area contributed by atoms with Crippen LogP contribution >= 0.6 is 27.7 Å². The number of rotatable bonds is 7. The van der Waals surface area contributed by atoms with Gasteiger partial charge in [-0.05, 0) is 24.6 Å². The number of benzene rings is 1. The summed E-state index contributed by atoms with van der Waals surface area (Å²) in [5.41, 5.74) is 0. The van der Waals surface area contributed by atoms with Crippen LogP contribution in [0.25, 0.3) is 0 Å². The van der Waals surface area contributed by atoms with E-state index in [1.165, 1.54) is 6.42 Å². The maximum Gasteiger partial charge on any atom is 0.143 e. The van der Waals surface area contributed by atoms with Gasteiger partial charge in [-0.3, -0.25) is 4.79 Å². The molecule has 0 aromatic heterocycles. The third kappa shape index (κ3) is 5.71. The fraction of sp³-hybridized carbons (Fsp3) is 0.462. The van der Waals surface area contributed by atoms with Crippen molar-refractivity contribution >= 4 is 33.5 Å². The summed E-state index contributed by atoms with van der Waals surface area (Å²) in [6.07, 6.45) is 4.10. The number of halogens is 1. The minimum Gasteiger partial charge on any atom is -0.299 e. The number of ketones is 1. The number of hydrogen-bond donors (Lipinski definition) is 0. The van der Waals surface area contributed by atoms with Gasteiger partial charge in [-0.2, -0.15) is 0 Å². The van der Waals surface area contributed by atoms with Crippen molar-refractivity contribution in [2.75, 3.05) is 5.75 Å². The summed E-state index contributed by atoms with van der Waals surface area (Å²) in [6.45, 7) is 2.15. The van der Waals surface area contributed by atoms with Crippen molar-refractivity contribution in [3.63, 3.8) is 0 Å². The molecule has 88 valence electrons. The van der Waals surface area contributed by atoms with Gasteiger partial charge in [-0.25, -0.2) is 0 Å². The normalized spacial score (nSPS) is 10.4. The molecule has 0 radical (unpaired) electrons. The zero-order valence-electron chi connectivity index (χ0n) is 9.54. The monoisotopic (exact) mass is 300 g/mol. The van der Waals surface area contributed by atoms with Gasteiger partial charge in [0.2, 0.25) is 0 Å². The molecule has 0 N–H and O–H groups in total. The summed E-state index contributed by atoms with van der Waals surface area (Å²) in [5, 5.41) is 0. The zero-order valence-corrected chi connectivity index (χ0v) is 11.9. The van der Waals surface area contributed by atoms with E-state index in [9.17, 15) is 4.79 Å². The Kier molecular flexibility index (Phi) is 6.81. The number of unbranched alkanes of at least 4 members (excludes halogenated alkanes) is 2. The van der Waals surface area contributed by atoms with Gasteiger partial charge in [0.25, 0.3) is 0 Å². The van der Waals surface area contributed by atoms with Crippen LogP contribution < -0.4 is 0 Å². The van der Waals surface area contributed by atoms with Crippen LogP contribution in [0.5, 0.6) is 0 Å². The average molecular weight is 301 g/mol. The zero-order chi connectivity index (χ0) is 11.8. The highest BCUT2D eigenvalue weighted by Gasteiger charge is 2.03. The van der Waals surface area contributed by atoms with Crippen molar-refractivity contribution in [3.8, 4) is 0 Å². The second-order valence-electron chi connectivity index (χ2n) is 3.74. The van der Waals surface area contributed by atoms with Crippen molar-refractivity contribution in [1.82, 2.24) is 0 Å². The molecule has 0 saturated heterocycles. The van der Waals surface area contributed by atoms with E-state index in [1.807, 2.05) is 24.3 Å². The van der Waals surface area contributed by atoms with Crippen LogP contribution in [0.15, 0.2) is 33.6 Å². The van der Waals surface area contributed by atoms with E-state index in [0.29, 0.717) is 11.5 Å². The largest absolute Gasteiger partial charge is 0.299 e. The Morgan fingerprint density at radius 2 is 2.19 bits per heavy atom. The van der Waals surface area contributed by atoms with Crippen LogP contribution in [0.4, 0.5) is 0 Å². The molecule has 0 atom stereocenters. The van der Waals surface area contributed by atoms with Crippen LogP contribution in [0, 0.1) is 0 Å². The van der Waals surface area contributed by atoms with Crippen molar-refractivity contribution in [2.45, 2.75) is 37.5 Å². The fourth-order valence-corrected chi connectivity index (χ4v) is 2.77. The number of Topliss-reactive ketones (excluding diaryl/α,β-unsaturated/α-hetero) is 1. The third-order valence-corrected chi connectivity index (χ3v) is 3.80. The van der Waals surface area contributed by atoms with Gasteiger partial charge >= 0.3 is 0 Å². The molecule has 1 aromatic carbocycles. The number of thioether (sulfide) groups is 1. The lowest BCUT2D eigenvalue weighted by Gasteiger charge is -2.01. The van der Waals surface area contributed by atoms with E-state index in [4.69, 9.17) is 0 Å². The van der Waals surface area contributed by atoms with Gasteiger partial charge in [0, 0.05) is 15.8 Å². The molecule has 1 rings (SSSR count). The summed E-state index contributed by atoms with van der Waals surface area (Å²) in [6, 6.07) is 8.07. The minimum atomic E-state index is 0.360. The van der Waals surface area contributed by atoms with Crippen molar-refractivity contribution < 1.29 is 4.79 Å². The second-order valence-corrected chi connectivity index (χ2v) is 5.71. The molecular formula is C13H17BrOS. The second kappa shape index (κ2) is 7.91. The molecule has 16 heavy (non-hydrogen) atoms. The molecule has 0 fully saturated rings. The summed E-state index contributed by atoms with van der Waals surface area (Å²) in [4.78, 5) is 12.7. The molecule has 0 spiro atoms. The first-order valence-electron chi connectivity index (χ1n) is 5.62. The quantitative estimate of drug-likeness (QED) is 0.537. The van der Waals surface area contributed by atoms with E-state index in [0.717, 1.165) is 28.6 Å². The highest BCUT2D eigenvalue weighted by Crippen LogP contribution is 2.22. The molecule has 1 aromatic rings. The topological polar surface area (TPSA) is 17.1 Å². The number of hydrogen-bond acceptors (Lipinski definition) is 2. The van der Waals surface area contributed by atoms with Gasteiger partial charge in [-0.1, -0.05) is 41.8 Å². The highest BCUT2D eigenvalue weighted by atomic mass is 79.9. The van der Waals surface area contributed by atoms with Gasteiger partial charge in [-0.15, -0.1) is 11.8 Å². The molecule has 0 unspecified atom stereocenters. The Balaban J connectivity index is 2.26. The predicted octanol–water partition coefficient (Wildman–Crippen LogP) is 4.69. The molecule has 0 amide bonds. The van der Waals surface area contributed by atoms with E-state index in [2.05, 4.69) is 22.9 Å². The maximum absolute atomic E-state index is 11.5. The Morgan fingerprint density at radius 3 is 2.88 bits per heavy atom. The molecule has 0 aliphatic rings. The van der Waals surface area contributed by atoms with E-state index >= 15 is 0 Å². The van der Waals surface area contributed by atoms with Crippen molar-refractivity contribution in [2.24, 2.45) is 0 Å². The van der Waals surface area contributed by atoms with E-state index in [1.54, 1.807) is 11.8 Å². The molecule has 0 saturated carbocycles. The SMILES string of the molecule is CCCCCC(=O)CSc1cccc(Br)c1. The van der Waals surface area contributed by atoms with Crippen LogP contribution in [0.1, 0.15) is 32.6 Å². The molecular weight excluding hydrogens is 284 g/mol. The standard InChI is InChI=1S/C13H17BrOS/c1-2-3-4-7-12(15)10-16-13-8-5-6-11(14)9-13/h5-6,8-9H,2-4,7,10H2,1H3. The summed E-state index contributed by atoms with van der Waals surface area (Å²) >= 11 is 5.04. The third-order valence-electron chi connectivity index (χ3n) is 2.26. The Bertz CT molecular complexity index is 338. The number of carbonyl (C=O) groups is 1. The van der Waals surface area contributed by atoms with Crippen LogP contribution in [-0.2, 0) is 4.79 Å². The van der Waals surface area contributed by atoms with Crippen molar-refractivity contribution in [1.29, 1.82) is 0 Å². The Hall–Kier alpha value is -0.280. The van der Waals surface area contributed by atoms with Gasteiger partial charge in [0.05, 0.1) is 5.75 Å².